The van der Waals surface area contributed by atoms with Crippen LogP contribution < -0.4 is 5.84 Å². The summed E-state index contributed by atoms with van der Waals surface area (Å²) in [7, 11) is 1.37. The molecule has 5 heteroatoms. The van der Waals surface area contributed by atoms with E-state index >= 15 is 0 Å². The summed E-state index contributed by atoms with van der Waals surface area (Å²) in [5.74, 6) is 4.15. The summed E-state index contributed by atoms with van der Waals surface area (Å²) in [6.07, 6.45) is 0. The van der Waals surface area contributed by atoms with E-state index in [9.17, 15) is 9.18 Å². The minimum atomic E-state index is -0.543. The van der Waals surface area contributed by atoms with E-state index < -0.39 is 11.7 Å². The van der Waals surface area contributed by atoms with E-state index in [1.54, 1.807) is 13.0 Å². The number of rotatable bonds is 1. The second kappa shape index (κ2) is 4.06. The molecule has 0 spiro atoms. The van der Waals surface area contributed by atoms with E-state index in [1.807, 2.05) is 0 Å². The number of amides is 1. The second-order valence-corrected chi connectivity index (χ2v) is 3.80. The van der Waals surface area contributed by atoms with Gasteiger partial charge in [0.15, 0.2) is 0 Å². The predicted octanol–water partition coefficient (Wildman–Crippen LogP) is 1.84. The Morgan fingerprint density at radius 3 is 2.64 bits per heavy atom. The number of carbonyl (C=O) groups excluding carboxylic acids is 1. The van der Waals surface area contributed by atoms with Crippen LogP contribution in [0.3, 0.4) is 0 Å². The number of hydrogen-bond donors (Lipinski definition) is 1. The molecule has 0 fully saturated rings. The molecule has 1 aromatic carbocycles. The minimum Gasteiger partial charge on any atom is -0.280 e. The summed E-state index contributed by atoms with van der Waals surface area (Å²) in [5, 5.41) is 0.853. The number of benzene rings is 1. The quantitative estimate of drug-likeness (QED) is 0.476. The number of nitrogens with two attached hydrogens (primary N) is 1. The Hall–Kier alpha value is -0.940. The van der Waals surface area contributed by atoms with Gasteiger partial charge < -0.3 is 0 Å². The highest BCUT2D eigenvalue weighted by Gasteiger charge is 2.16. The van der Waals surface area contributed by atoms with Gasteiger partial charge in [-0.2, -0.15) is 0 Å². The molecule has 2 N–H and O–H groups in total. The SMILES string of the molecule is Cc1c(Br)ccc(C(=O)N(C)N)c1F. The van der Waals surface area contributed by atoms with Gasteiger partial charge in [-0.1, -0.05) is 15.9 Å². The molecule has 1 rings (SSSR count). The lowest BCUT2D eigenvalue weighted by molar-refractivity contribution is 0.0790. The van der Waals surface area contributed by atoms with Gasteiger partial charge in [0.1, 0.15) is 5.82 Å². The van der Waals surface area contributed by atoms with Crippen LogP contribution in [0.15, 0.2) is 16.6 Å². The summed E-state index contributed by atoms with van der Waals surface area (Å²) in [5.41, 5.74) is 0.383. The third kappa shape index (κ3) is 1.93. The van der Waals surface area contributed by atoms with Crippen LogP contribution in [0.1, 0.15) is 15.9 Å². The van der Waals surface area contributed by atoms with Crippen LogP contribution in [-0.4, -0.2) is 18.0 Å². The van der Waals surface area contributed by atoms with Crippen molar-refractivity contribution in [3.63, 3.8) is 0 Å². The maximum atomic E-state index is 13.5. The third-order valence-corrected chi connectivity index (χ3v) is 2.73. The van der Waals surface area contributed by atoms with Gasteiger partial charge in [-0.25, -0.2) is 10.2 Å². The maximum absolute atomic E-state index is 13.5. The van der Waals surface area contributed by atoms with Crippen LogP contribution in [0.4, 0.5) is 4.39 Å². The van der Waals surface area contributed by atoms with Gasteiger partial charge in [0.05, 0.1) is 5.56 Å². The van der Waals surface area contributed by atoms with Crippen molar-refractivity contribution in [1.82, 2.24) is 5.01 Å². The highest BCUT2D eigenvalue weighted by atomic mass is 79.9. The lowest BCUT2D eigenvalue weighted by atomic mass is 10.1. The van der Waals surface area contributed by atoms with Crippen LogP contribution in [-0.2, 0) is 0 Å². The van der Waals surface area contributed by atoms with Crippen molar-refractivity contribution >= 4 is 21.8 Å². The van der Waals surface area contributed by atoms with Crippen LogP contribution in [0.25, 0.3) is 0 Å². The van der Waals surface area contributed by atoms with Gasteiger partial charge in [0, 0.05) is 11.5 Å². The summed E-state index contributed by atoms with van der Waals surface area (Å²) < 4.78 is 14.2. The first kappa shape index (κ1) is 11.1. The van der Waals surface area contributed by atoms with E-state index in [2.05, 4.69) is 15.9 Å². The van der Waals surface area contributed by atoms with Gasteiger partial charge in [-0.05, 0) is 24.6 Å². The predicted molar refractivity (Wildman–Crippen MR) is 55.1 cm³/mol. The highest BCUT2D eigenvalue weighted by Crippen LogP contribution is 2.22. The monoisotopic (exact) mass is 260 g/mol. The van der Waals surface area contributed by atoms with Crippen molar-refractivity contribution in [2.24, 2.45) is 5.84 Å². The first-order chi connectivity index (χ1) is 6.45. The van der Waals surface area contributed by atoms with Crippen molar-refractivity contribution in [3.05, 3.63) is 33.5 Å². The lowest BCUT2D eigenvalue weighted by Crippen LogP contribution is -2.33. The molecular weight excluding hydrogens is 251 g/mol. The molecule has 0 bridgehead atoms. The maximum Gasteiger partial charge on any atom is 0.270 e. The lowest BCUT2D eigenvalue weighted by Gasteiger charge is -2.11. The number of hydrogen-bond acceptors (Lipinski definition) is 2. The summed E-state index contributed by atoms with van der Waals surface area (Å²) >= 11 is 3.17. The van der Waals surface area contributed by atoms with E-state index in [4.69, 9.17) is 5.84 Å². The van der Waals surface area contributed by atoms with Gasteiger partial charge in [-0.3, -0.25) is 9.80 Å². The zero-order valence-corrected chi connectivity index (χ0v) is 9.43. The average molecular weight is 261 g/mol. The second-order valence-electron chi connectivity index (χ2n) is 2.95. The molecule has 0 aliphatic rings. The summed E-state index contributed by atoms with van der Waals surface area (Å²) in [4.78, 5) is 11.4. The van der Waals surface area contributed by atoms with E-state index in [-0.39, 0.29) is 5.56 Å². The Bertz CT molecular complexity index is 379. The Labute approximate surface area is 89.8 Å². The summed E-state index contributed by atoms with van der Waals surface area (Å²) in [6.45, 7) is 1.59. The molecule has 0 saturated carbocycles. The molecule has 0 aliphatic heterocycles. The average Bonchev–Trinajstić information content (AvgIpc) is 2.13. The number of carbonyl (C=O) groups is 1. The fourth-order valence-corrected chi connectivity index (χ4v) is 1.32. The molecule has 3 nitrogen and oxygen atoms in total. The number of halogens is 2. The molecule has 0 aromatic heterocycles. The Morgan fingerprint density at radius 2 is 2.14 bits per heavy atom. The van der Waals surface area contributed by atoms with Crippen molar-refractivity contribution in [2.75, 3.05) is 7.05 Å². The molecule has 0 atom stereocenters. The van der Waals surface area contributed by atoms with Gasteiger partial charge >= 0.3 is 0 Å². The molecule has 0 aliphatic carbocycles. The number of hydrazine groups is 1. The van der Waals surface area contributed by atoms with Crippen LogP contribution in [0, 0.1) is 12.7 Å². The van der Waals surface area contributed by atoms with Gasteiger partial charge in [-0.15, -0.1) is 0 Å². The van der Waals surface area contributed by atoms with Crippen LogP contribution in [0.5, 0.6) is 0 Å². The zero-order valence-electron chi connectivity index (χ0n) is 7.84. The smallest absolute Gasteiger partial charge is 0.270 e. The zero-order chi connectivity index (χ0) is 10.9. The van der Waals surface area contributed by atoms with E-state index in [0.29, 0.717) is 10.0 Å². The van der Waals surface area contributed by atoms with Crippen molar-refractivity contribution < 1.29 is 9.18 Å². The third-order valence-electron chi connectivity index (χ3n) is 1.87. The van der Waals surface area contributed by atoms with Crippen molar-refractivity contribution in [2.45, 2.75) is 6.92 Å². The fourth-order valence-electron chi connectivity index (χ4n) is 1.02. The molecular formula is C9H10BrFN2O. The van der Waals surface area contributed by atoms with Crippen molar-refractivity contribution in [3.8, 4) is 0 Å². The first-order valence-electron chi connectivity index (χ1n) is 3.92. The molecule has 0 unspecified atom stereocenters. The molecule has 14 heavy (non-hydrogen) atoms. The minimum absolute atomic E-state index is 0.0179. The molecule has 0 saturated heterocycles. The topological polar surface area (TPSA) is 46.3 Å². The fraction of sp³-hybridized carbons (Fsp3) is 0.222. The number of nitrogens with zero attached hydrogens (tertiary/aromatic N) is 1. The van der Waals surface area contributed by atoms with Crippen LogP contribution in [0.2, 0.25) is 0 Å². The molecule has 76 valence electrons. The van der Waals surface area contributed by atoms with Gasteiger partial charge in [0.2, 0.25) is 0 Å². The molecule has 0 heterocycles. The normalized spacial score (nSPS) is 10.1. The van der Waals surface area contributed by atoms with E-state index in [1.165, 1.54) is 13.1 Å². The Kier molecular flexibility index (Phi) is 3.23. The molecule has 0 radical (unpaired) electrons. The van der Waals surface area contributed by atoms with E-state index in [0.717, 1.165) is 5.01 Å². The largest absolute Gasteiger partial charge is 0.280 e. The highest BCUT2D eigenvalue weighted by molar-refractivity contribution is 9.10. The van der Waals surface area contributed by atoms with Crippen molar-refractivity contribution in [1.29, 1.82) is 0 Å². The Morgan fingerprint density at radius 1 is 1.57 bits per heavy atom. The standard InChI is InChI=1S/C9H10BrFN2O/c1-5-7(10)4-3-6(8(5)11)9(14)13(2)12/h3-4H,12H2,1-2H3. The summed E-state index contributed by atoms with van der Waals surface area (Å²) in [6, 6.07) is 3.02. The van der Waals surface area contributed by atoms with Crippen LogP contribution >= 0.6 is 15.9 Å². The first-order valence-corrected chi connectivity index (χ1v) is 4.71. The molecule has 1 aromatic rings. The van der Waals surface area contributed by atoms with Gasteiger partial charge in [0.25, 0.3) is 5.91 Å². The molecule has 1 amide bonds. The Balaban J connectivity index is 3.24.